The van der Waals surface area contributed by atoms with Gasteiger partial charge in [0.25, 0.3) is 0 Å². The van der Waals surface area contributed by atoms with Crippen LogP contribution < -0.4 is 4.90 Å². The highest BCUT2D eigenvalue weighted by molar-refractivity contribution is 5.46. The molecule has 1 aliphatic rings. The van der Waals surface area contributed by atoms with Crippen LogP contribution in [0.4, 0.5) is 5.69 Å². The molecule has 2 aromatic rings. The molecule has 2 aromatic heterocycles. The van der Waals surface area contributed by atoms with E-state index in [0.29, 0.717) is 0 Å². The van der Waals surface area contributed by atoms with E-state index in [1.807, 2.05) is 25.3 Å². The van der Waals surface area contributed by atoms with Crippen LogP contribution in [0.1, 0.15) is 17.9 Å². The number of aryl methyl sites for hydroxylation is 1. The number of aromatic nitrogens is 1. The molecular formula is C18H23N3O. The van der Waals surface area contributed by atoms with Crippen LogP contribution in [0.3, 0.4) is 0 Å². The third-order valence-electron chi connectivity index (χ3n) is 4.02. The standard InChI is InChI=1S/C18H23N3O/c1-16-15-17(7-8-19-16)21-11-4-10-20(12-13-21)9-2-5-18-6-3-14-22-18/h2-3,5-8,14-15H,4,9-13H2,1H3/b5-2+. The first-order chi connectivity index (χ1) is 10.8. The fourth-order valence-corrected chi connectivity index (χ4v) is 2.84. The Morgan fingerprint density at radius 3 is 3.00 bits per heavy atom. The SMILES string of the molecule is Cc1cc(N2CCCN(C/C=C/c3ccco3)CC2)ccn1. The van der Waals surface area contributed by atoms with E-state index in [2.05, 4.69) is 39.1 Å². The molecule has 1 aliphatic heterocycles. The van der Waals surface area contributed by atoms with Gasteiger partial charge in [-0.1, -0.05) is 6.08 Å². The summed E-state index contributed by atoms with van der Waals surface area (Å²) in [5, 5.41) is 0. The smallest absolute Gasteiger partial charge is 0.126 e. The second kappa shape index (κ2) is 7.27. The fraction of sp³-hybridized carbons (Fsp3) is 0.389. The molecule has 4 heteroatoms. The van der Waals surface area contributed by atoms with Crippen molar-refractivity contribution in [1.29, 1.82) is 0 Å². The molecule has 0 saturated carbocycles. The van der Waals surface area contributed by atoms with Gasteiger partial charge in [-0.25, -0.2) is 0 Å². The molecule has 0 atom stereocenters. The second-order valence-electron chi connectivity index (χ2n) is 5.71. The van der Waals surface area contributed by atoms with Crippen molar-refractivity contribution in [1.82, 2.24) is 9.88 Å². The Morgan fingerprint density at radius 1 is 1.23 bits per heavy atom. The first kappa shape index (κ1) is 14.9. The maximum Gasteiger partial charge on any atom is 0.126 e. The third-order valence-corrected chi connectivity index (χ3v) is 4.02. The first-order valence-corrected chi connectivity index (χ1v) is 7.91. The van der Waals surface area contributed by atoms with E-state index in [9.17, 15) is 0 Å². The lowest BCUT2D eigenvalue weighted by Gasteiger charge is -2.23. The first-order valence-electron chi connectivity index (χ1n) is 7.91. The van der Waals surface area contributed by atoms with Gasteiger partial charge in [-0.3, -0.25) is 9.88 Å². The Labute approximate surface area is 132 Å². The topological polar surface area (TPSA) is 32.5 Å². The summed E-state index contributed by atoms with van der Waals surface area (Å²) in [6, 6.07) is 8.18. The number of hydrogen-bond acceptors (Lipinski definition) is 4. The van der Waals surface area contributed by atoms with E-state index in [1.54, 1.807) is 6.26 Å². The lowest BCUT2D eigenvalue weighted by atomic mass is 10.3. The zero-order valence-corrected chi connectivity index (χ0v) is 13.1. The summed E-state index contributed by atoms with van der Waals surface area (Å²) in [4.78, 5) is 9.24. The molecule has 0 amide bonds. The number of nitrogens with zero attached hydrogens (tertiary/aromatic N) is 3. The summed E-state index contributed by atoms with van der Waals surface area (Å²) in [6.07, 6.45) is 9.04. The van der Waals surface area contributed by atoms with Gasteiger partial charge in [0.1, 0.15) is 5.76 Å². The van der Waals surface area contributed by atoms with Crippen LogP contribution in [0.25, 0.3) is 6.08 Å². The van der Waals surface area contributed by atoms with Gasteiger partial charge in [-0.05, 0) is 43.7 Å². The summed E-state index contributed by atoms with van der Waals surface area (Å²) in [5.41, 5.74) is 2.38. The van der Waals surface area contributed by atoms with Gasteiger partial charge in [0, 0.05) is 50.3 Å². The highest BCUT2D eigenvalue weighted by Gasteiger charge is 2.14. The quantitative estimate of drug-likeness (QED) is 0.867. The lowest BCUT2D eigenvalue weighted by Crippen LogP contribution is -2.30. The number of anilines is 1. The van der Waals surface area contributed by atoms with E-state index >= 15 is 0 Å². The highest BCUT2D eigenvalue weighted by atomic mass is 16.3. The molecule has 3 heterocycles. The predicted molar refractivity (Wildman–Crippen MR) is 90.0 cm³/mol. The molecule has 1 fully saturated rings. The Bertz CT molecular complexity index is 607. The minimum atomic E-state index is 0.920. The largest absolute Gasteiger partial charge is 0.465 e. The molecule has 22 heavy (non-hydrogen) atoms. The summed E-state index contributed by atoms with van der Waals surface area (Å²) in [6.45, 7) is 7.43. The monoisotopic (exact) mass is 297 g/mol. The van der Waals surface area contributed by atoms with Crippen LogP contribution in [0, 0.1) is 6.92 Å². The third kappa shape index (κ3) is 3.98. The second-order valence-corrected chi connectivity index (χ2v) is 5.71. The molecule has 0 N–H and O–H groups in total. The fourth-order valence-electron chi connectivity index (χ4n) is 2.84. The van der Waals surface area contributed by atoms with Crippen LogP contribution in [-0.4, -0.2) is 42.6 Å². The zero-order chi connectivity index (χ0) is 15.2. The van der Waals surface area contributed by atoms with Crippen molar-refractivity contribution in [2.24, 2.45) is 0 Å². The van der Waals surface area contributed by atoms with Crippen molar-refractivity contribution in [2.75, 3.05) is 37.6 Å². The van der Waals surface area contributed by atoms with Gasteiger partial charge in [-0.15, -0.1) is 0 Å². The van der Waals surface area contributed by atoms with Gasteiger partial charge in [0.2, 0.25) is 0 Å². The van der Waals surface area contributed by atoms with E-state index in [4.69, 9.17) is 4.42 Å². The van der Waals surface area contributed by atoms with Crippen LogP contribution in [0.2, 0.25) is 0 Å². The van der Waals surface area contributed by atoms with Gasteiger partial charge >= 0.3 is 0 Å². The number of rotatable bonds is 4. The normalized spacial score (nSPS) is 17.0. The van der Waals surface area contributed by atoms with Crippen molar-refractivity contribution in [3.63, 3.8) is 0 Å². The molecule has 0 spiro atoms. The van der Waals surface area contributed by atoms with E-state index < -0.39 is 0 Å². The molecule has 4 nitrogen and oxygen atoms in total. The van der Waals surface area contributed by atoms with E-state index in [1.165, 1.54) is 12.1 Å². The molecule has 0 bridgehead atoms. The average Bonchev–Trinajstić information content (AvgIpc) is 2.92. The predicted octanol–water partition coefficient (Wildman–Crippen LogP) is 3.21. The molecule has 0 unspecified atom stereocenters. The maximum atomic E-state index is 5.31. The van der Waals surface area contributed by atoms with Crippen LogP contribution in [-0.2, 0) is 0 Å². The number of hydrogen-bond donors (Lipinski definition) is 0. The lowest BCUT2D eigenvalue weighted by molar-refractivity contribution is 0.325. The Kier molecular flexibility index (Phi) is 4.91. The van der Waals surface area contributed by atoms with Crippen molar-refractivity contribution in [3.8, 4) is 0 Å². The Hall–Kier alpha value is -2.07. The number of furan rings is 1. The average molecular weight is 297 g/mol. The van der Waals surface area contributed by atoms with Gasteiger partial charge in [0.05, 0.1) is 6.26 Å². The minimum absolute atomic E-state index is 0.920. The Balaban J connectivity index is 1.53. The molecule has 0 aromatic carbocycles. The molecule has 1 saturated heterocycles. The van der Waals surface area contributed by atoms with Gasteiger partial charge in [0.15, 0.2) is 0 Å². The summed E-state index contributed by atoms with van der Waals surface area (Å²) >= 11 is 0. The van der Waals surface area contributed by atoms with Crippen molar-refractivity contribution >= 4 is 11.8 Å². The van der Waals surface area contributed by atoms with Crippen LogP contribution in [0.15, 0.2) is 47.2 Å². The maximum absolute atomic E-state index is 5.31. The molecule has 0 radical (unpaired) electrons. The summed E-state index contributed by atoms with van der Waals surface area (Å²) in [7, 11) is 0. The minimum Gasteiger partial charge on any atom is -0.465 e. The zero-order valence-electron chi connectivity index (χ0n) is 13.1. The van der Waals surface area contributed by atoms with Crippen molar-refractivity contribution in [3.05, 3.63) is 54.3 Å². The van der Waals surface area contributed by atoms with Crippen LogP contribution >= 0.6 is 0 Å². The highest BCUT2D eigenvalue weighted by Crippen LogP contribution is 2.16. The van der Waals surface area contributed by atoms with Gasteiger partial charge in [-0.2, -0.15) is 0 Å². The van der Waals surface area contributed by atoms with Crippen molar-refractivity contribution < 1.29 is 4.42 Å². The molecule has 0 aliphatic carbocycles. The Morgan fingerprint density at radius 2 is 2.18 bits per heavy atom. The molecular weight excluding hydrogens is 274 g/mol. The summed E-state index contributed by atoms with van der Waals surface area (Å²) < 4.78 is 5.31. The van der Waals surface area contributed by atoms with E-state index in [-0.39, 0.29) is 0 Å². The van der Waals surface area contributed by atoms with Crippen LogP contribution in [0.5, 0.6) is 0 Å². The van der Waals surface area contributed by atoms with Crippen molar-refractivity contribution in [2.45, 2.75) is 13.3 Å². The molecule has 116 valence electrons. The summed E-state index contributed by atoms with van der Waals surface area (Å²) in [5.74, 6) is 0.920. The molecule has 3 rings (SSSR count). The van der Waals surface area contributed by atoms with E-state index in [0.717, 1.165) is 44.2 Å². The number of pyridine rings is 1. The van der Waals surface area contributed by atoms with Gasteiger partial charge < -0.3 is 9.32 Å².